The molecule has 3 aromatic carbocycles. The third kappa shape index (κ3) is 5.19. The Morgan fingerprint density at radius 1 is 0.811 bits per heavy atom. The van der Waals surface area contributed by atoms with E-state index in [4.69, 9.17) is 4.74 Å². The number of para-hydroxylation sites is 1. The minimum atomic E-state index is -0.286. The molecule has 0 saturated carbocycles. The van der Waals surface area contributed by atoms with Gasteiger partial charge in [0.05, 0.1) is 13.0 Å². The second kappa shape index (κ2) is 10.7. The van der Waals surface area contributed by atoms with Crippen molar-refractivity contribution in [3.63, 3.8) is 0 Å². The van der Waals surface area contributed by atoms with Gasteiger partial charge in [-0.05, 0) is 55.3 Å². The molecule has 0 bridgehead atoms. The smallest absolute Gasteiger partial charge is 0.253 e. The molecule has 0 aliphatic carbocycles. The Morgan fingerprint density at radius 3 is 2.24 bits per heavy atom. The summed E-state index contributed by atoms with van der Waals surface area (Å²) in [6.07, 6.45) is 0. The second-order valence-corrected chi connectivity index (χ2v) is 10.2. The van der Waals surface area contributed by atoms with E-state index in [1.807, 2.05) is 65.3 Å². The van der Waals surface area contributed by atoms with Gasteiger partial charge in [0, 0.05) is 56.4 Å². The number of carbonyl (C=O) groups is 2. The average molecular weight is 498 g/mol. The number of methoxy groups -OCH3 is 1. The Bertz CT molecular complexity index is 1260. The highest BCUT2D eigenvalue weighted by Crippen LogP contribution is 2.36. The van der Waals surface area contributed by atoms with Crippen molar-refractivity contribution in [2.24, 2.45) is 5.92 Å². The molecule has 2 aliphatic rings. The largest absolute Gasteiger partial charge is 0.497 e. The maximum atomic E-state index is 13.9. The summed E-state index contributed by atoms with van der Waals surface area (Å²) in [5.74, 6) is 0.515. The van der Waals surface area contributed by atoms with Crippen LogP contribution in [0.4, 0.5) is 5.69 Å². The molecule has 192 valence electrons. The number of carbonyl (C=O) groups excluding carboxylic acids is 2. The van der Waals surface area contributed by atoms with Crippen molar-refractivity contribution in [3.8, 4) is 5.75 Å². The summed E-state index contributed by atoms with van der Waals surface area (Å²) in [6.45, 7) is 8.05. The van der Waals surface area contributed by atoms with Crippen molar-refractivity contribution < 1.29 is 14.3 Å². The lowest BCUT2D eigenvalue weighted by Gasteiger charge is -2.38. The van der Waals surface area contributed by atoms with E-state index < -0.39 is 0 Å². The van der Waals surface area contributed by atoms with Crippen molar-refractivity contribution in [2.45, 2.75) is 19.8 Å². The molecule has 2 saturated heterocycles. The normalized spacial score (nSPS) is 19.7. The predicted molar refractivity (Wildman–Crippen MR) is 146 cm³/mol. The molecule has 2 unspecified atom stereocenters. The summed E-state index contributed by atoms with van der Waals surface area (Å²) in [5.41, 5.74) is 5.30. The molecule has 6 nitrogen and oxygen atoms in total. The highest BCUT2D eigenvalue weighted by atomic mass is 16.5. The van der Waals surface area contributed by atoms with Crippen LogP contribution in [-0.4, -0.2) is 68.0 Å². The van der Waals surface area contributed by atoms with Crippen LogP contribution in [0.2, 0.25) is 0 Å². The number of hydrogen-bond acceptors (Lipinski definition) is 4. The van der Waals surface area contributed by atoms with Gasteiger partial charge >= 0.3 is 0 Å². The fourth-order valence-corrected chi connectivity index (χ4v) is 5.63. The van der Waals surface area contributed by atoms with E-state index in [1.165, 1.54) is 11.3 Å². The number of likely N-dealkylation sites (tertiary alicyclic amines) is 1. The number of ether oxygens (including phenoxy) is 1. The lowest BCUT2D eigenvalue weighted by molar-refractivity contribution is -0.135. The molecule has 0 radical (unpaired) electrons. The molecule has 0 N–H and O–H groups in total. The Balaban J connectivity index is 1.35. The van der Waals surface area contributed by atoms with E-state index >= 15 is 0 Å². The Morgan fingerprint density at radius 2 is 1.54 bits per heavy atom. The Hall–Kier alpha value is -3.80. The van der Waals surface area contributed by atoms with Crippen LogP contribution in [0, 0.1) is 19.8 Å². The molecular weight excluding hydrogens is 462 g/mol. The van der Waals surface area contributed by atoms with Crippen molar-refractivity contribution in [1.82, 2.24) is 9.80 Å². The van der Waals surface area contributed by atoms with Crippen LogP contribution >= 0.6 is 0 Å². The number of anilines is 1. The maximum Gasteiger partial charge on any atom is 0.253 e. The zero-order valence-electron chi connectivity index (χ0n) is 21.9. The van der Waals surface area contributed by atoms with Crippen LogP contribution in [0.1, 0.15) is 33.0 Å². The minimum absolute atomic E-state index is 0.0208. The summed E-state index contributed by atoms with van der Waals surface area (Å²) >= 11 is 0. The molecule has 2 aliphatic heterocycles. The van der Waals surface area contributed by atoms with Crippen molar-refractivity contribution in [3.05, 3.63) is 95.1 Å². The number of rotatable bonds is 5. The number of hydrogen-bond donors (Lipinski definition) is 0. The van der Waals surface area contributed by atoms with Gasteiger partial charge in [0.25, 0.3) is 5.91 Å². The molecule has 2 heterocycles. The number of aryl methyl sites for hydroxylation is 2. The summed E-state index contributed by atoms with van der Waals surface area (Å²) in [7, 11) is 1.65. The van der Waals surface area contributed by atoms with Gasteiger partial charge < -0.3 is 19.4 Å². The van der Waals surface area contributed by atoms with Gasteiger partial charge in [-0.2, -0.15) is 0 Å². The van der Waals surface area contributed by atoms with E-state index in [2.05, 4.69) is 36.1 Å². The van der Waals surface area contributed by atoms with Crippen LogP contribution < -0.4 is 9.64 Å². The Labute approximate surface area is 219 Å². The zero-order valence-corrected chi connectivity index (χ0v) is 21.9. The lowest BCUT2D eigenvalue weighted by Crippen LogP contribution is -2.51. The third-order valence-electron chi connectivity index (χ3n) is 7.79. The SMILES string of the molecule is COc1cccc(C2CN(C(=O)c3ccc(C)cc3)CC2C(=O)N2CCN(c3ccccc3C)CC2)c1. The maximum absolute atomic E-state index is 13.9. The minimum Gasteiger partial charge on any atom is -0.497 e. The first-order chi connectivity index (χ1) is 17.9. The first-order valence-corrected chi connectivity index (χ1v) is 13.0. The number of benzene rings is 3. The van der Waals surface area contributed by atoms with Gasteiger partial charge in [-0.25, -0.2) is 0 Å². The molecule has 2 amide bonds. The van der Waals surface area contributed by atoms with Gasteiger partial charge in [-0.1, -0.05) is 48.0 Å². The standard InChI is InChI=1S/C31H35N3O3/c1-22-11-13-24(14-12-22)30(35)34-20-27(25-8-6-9-26(19-25)37-3)28(21-34)31(36)33-17-15-32(16-18-33)29-10-5-4-7-23(29)2/h4-14,19,27-28H,15-18,20-21H2,1-3H3. The number of amides is 2. The summed E-state index contributed by atoms with van der Waals surface area (Å²) in [4.78, 5) is 33.5. The molecule has 3 aromatic rings. The number of piperazine rings is 1. The summed E-state index contributed by atoms with van der Waals surface area (Å²) in [5, 5.41) is 0. The highest BCUT2D eigenvalue weighted by Gasteiger charge is 2.42. The molecular formula is C31H35N3O3. The van der Waals surface area contributed by atoms with Crippen molar-refractivity contribution in [1.29, 1.82) is 0 Å². The van der Waals surface area contributed by atoms with Crippen LogP contribution in [0.25, 0.3) is 0 Å². The molecule has 2 fully saturated rings. The van der Waals surface area contributed by atoms with E-state index in [0.29, 0.717) is 31.7 Å². The molecule has 5 rings (SSSR count). The first kappa shape index (κ1) is 24.9. The lowest BCUT2D eigenvalue weighted by atomic mass is 9.87. The monoisotopic (exact) mass is 497 g/mol. The average Bonchev–Trinajstić information content (AvgIpc) is 3.39. The topological polar surface area (TPSA) is 53.1 Å². The number of nitrogens with zero attached hydrogens (tertiary/aromatic N) is 3. The fraction of sp³-hybridized carbons (Fsp3) is 0.355. The van der Waals surface area contributed by atoms with Crippen LogP contribution in [-0.2, 0) is 4.79 Å². The second-order valence-electron chi connectivity index (χ2n) is 10.2. The summed E-state index contributed by atoms with van der Waals surface area (Å²) < 4.78 is 5.46. The van der Waals surface area contributed by atoms with Crippen molar-refractivity contribution >= 4 is 17.5 Å². The van der Waals surface area contributed by atoms with Gasteiger partial charge in [0.1, 0.15) is 5.75 Å². The van der Waals surface area contributed by atoms with Crippen molar-refractivity contribution in [2.75, 3.05) is 51.3 Å². The van der Waals surface area contributed by atoms with Gasteiger partial charge in [0.2, 0.25) is 5.91 Å². The van der Waals surface area contributed by atoms with Crippen LogP contribution in [0.15, 0.2) is 72.8 Å². The van der Waals surface area contributed by atoms with E-state index in [9.17, 15) is 9.59 Å². The fourth-order valence-electron chi connectivity index (χ4n) is 5.63. The zero-order chi connectivity index (χ0) is 25.9. The molecule has 37 heavy (non-hydrogen) atoms. The first-order valence-electron chi connectivity index (χ1n) is 13.0. The highest BCUT2D eigenvalue weighted by molar-refractivity contribution is 5.95. The van der Waals surface area contributed by atoms with E-state index in [1.54, 1.807) is 7.11 Å². The van der Waals surface area contributed by atoms with E-state index in [0.717, 1.165) is 30.0 Å². The Kier molecular flexibility index (Phi) is 7.17. The third-order valence-corrected chi connectivity index (χ3v) is 7.79. The molecule has 0 aromatic heterocycles. The van der Waals surface area contributed by atoms with Gasteiger partial charge in [-0.3, -0.25) is 9.59 Å². The quantitative estimate of drug-likeness (QED) is 0.520. The predicted octanol–water partition coefficient (Wildman–Crippen LogP) is 4.52. The van der Waals surface area contributed by atoms with E-state index in [-0.39, 0.29) is 23.7 Å². The van der Waals surface area contributed by atoms with Crippen LogP contribution in [0.3, 0.4) is 0 Å². The molecule has 0 spiro atoms. The summed E-state index contributed by atoms with van der Waals surface area (Å²) in [6, 6.07) is 24.0. The molecule has 6 heteroatoms. The van der Waals surface area contributed by atoms with Gasteiger partial charge in [0.15, 0.2) is 0 Å². The molecule has 2 atom stereocenters. The van der Waals surface area contributed by atoms with Gasteiger partial charge in [-0.15, -0.1) is 0 Å². The van der Waals surface area contributed by atoms with Crippen LogP contribution in [0.5, 0.6) is 5.75 Å².